The second kappa shape index (κ2) is 8.66. The van der Waals surface area contributed by atoms with Gasteiger partial charge in [-0.15, -0.1) is 5.10 Å². The Kier molecular flexibility index (Phi) is 5.35. The van der Waals surface area contributed by atoms with E-state index in [1.54, 1.807) is 6.20 Å². The molecular formula is C25H27N7O2. The van der Waals surface area contributed by atoms with Crippen molar-refractivity contribution in [1.82, 2.24) is 29.7 Å². The summed E-state index contributed by atoms with van der Waals surface area (Å²) >= 11 is 0. The number of hydrogen-bond acceptors (Lipinski definition) is 8. The van der Waals surface area contributed by atoms with Crippen molar-refractivity contribution >= 4 is 17.2 Å². The third kappa shape index (κ3) is 4.08. The van der Waals surface area contributed by atoms with Crippen LogP contribution in [0.4, 0.5) is 11.6 Å². The molecule has 4 aromatic rings. The Morgan fingerprint density at radius 2 is 1.94 bits per heavy atom. The summed E-state index contributed by atoms with van der Waals surface area (Å²) in [4.78, 5) is 6.97. The maximum absolute atomic E-state index is 6.58. The maximum atomic E-state index is 6.58. The number of nitrogens with zero attached hydrogens (tertiary/aromatic N) is 6. The molecule has 3 atom stereocenters. The number of pyridine rings is 2. The highest BCUT2D eigenvalue weighted by Crippen LogP contribution is 2.35. The van der Waals surface area contributed by atoms with E-state index in [0.717, 1.165) is 54.1 Å². The third-order valence-electron chi connectivity index (χ3n) is 6.74. The van der Waals surface area contributed by atoms with E-state index < -0.39 is 0 Å². The van der Waals surface area contributed by atoms with Crippen LogP contribution >= 0.6 is 0 Å². The van der Waals surface area contributed by atoms with Crippen molar-refractivity contribution in [1.29, 1.82) is 0 Å². The zero-order chi connectivity index (χ0) is 23.1. The van der Waals surface area contributed by atoms with Gasteiger partial charge in [0.1, 0.15) is 11.9 Å². The topological polar surface area (TPSA) is 89.7 Å². The van der Waals surface area contributed by atoms with Crippen LogP contribution in [0, 0.1) is 6.92 Å². The number of aromatic nitrogens is 5. The van der Waals surface area contributed by atoms with Crippen molar-refractivity contribution in [3.63, 3.8) is 0 Å². The van der Waals surface area contributed by atoms with E-state index in [1.807, 2.05) is 42.0 Å². The van der Waals surface area contributed by atoms with Gasteiger partial charge in [-0.25, -0.2) is 4.52 Å². The minimum absolute atomic E-state index is 0.153. The first-order valence-electron chi connectivity index (χ1n) is 11.6. The number of hydrogen-bond donors (Lipinski definition) is 1. The lowest BCUT2D eigenvalue weighted by Crippen LogP contribution is -2.57. The number of likely N-dealkylation sites (N-methyl/N-ethyl adjacent to an activating group) is 1. The van der Waals surface area contributed by atoms with Gasteiger partial charge in [0, 0.05) is 54.6 Å². The fourth-order valence-corrected chi connectivity index (χ4v) is 4.91. The Morgan fingerprint density at radius 1 is 1.09 bits per heavy atom. The number of piperidine rings is 1. The van der Waals surface area contributed by atoms with Gasteiger partial charge in [0.2, 0.25) is 0 Å². The molecule has 2 aliphatic rings. The molecule has 0 amide bonds. The van der Waals surface area contributed by atoms with Crippen LogP contribution in [-0.2, 0) is 4.74 Å². The second-order valence-electron chi connectivity index (χ2n) is 9.09. The van der Waals surface area contributed by atoms with Crippen LogP contribution in [0.25, 0.3) is 16.6 Å². The Bertz CT molecular complexity index is 1300. The number of rotatable bonds is 5. The molecule has 6 heterocycles. The smallest absolute Gasteiger partial charge is 0.154 e. The van der Waals surface area contributed by atoms with E-state index >= 15 is 0 Å². The van der Waals surface area contributed by atoms with E-state index in [0.29, 0.717) is 23.7 Å². The third-order valence-corrected chi connectivity index (χ3v) is 6.74. The molecule has 9 heteroatoms. The SMILES string of the molecule is Cc1cc(-c2ccn3nc(Nc4cccnn4)cc3c2)c(OC2C[C@H]3COC[C@@H](C2)N3C)cn1. The van der Waals surface area contributed by atoms with E-state index in [9.17, 15) is 0 Å². The molecule has 0 aromatic carbocycles. The normalized spacial score (nSPS) is 22.6. The van der Waals surface area contributed by atoms with Crippen LogP contribution < -0.4 is 10.1 Å². The van der Waals surface area contributed by atoms with Gasteiger partial charge in [-0.3, -0.25) is 9.88 Å². The summed E-state index contributed by atoms with van der Waals surface area (Å²) < 4.78 is 14.2. The molecule has 34 heavy (non-hydrogen) atoms. The Balaban J connectivity index is 1.28. The predicted octanol–water partition coefficient (Wildman–Crippen LogP) is 3.48. The zero-order valence-corrected chi connectivity index (χ0v) is 19.3. The average molecular weight is 458 g/mol. The molecule has 2 saturated heterocycles. The number of nitrogens with one attached hydrogen (secondary N) is 1. The first kappa shape index (κ1) is 21.0. The molecule has 9 nitrogen and oxygen atoms in total. The quantitative estimate of drug-likeness (QED) is 0.487. The lowest BCUT2D eigenvalue weighted by Gasteiger charge is -2.46. The van der Waals surface area contributed by atoms with Gasteiger partial charge in [0.05, 0.1) is 24.9 Å². The number of morpholine rings is 1. The number of anilines is 2. The molecule has 174 valence electrons. The van der Waals surface area contributed by atoms with Crippen molar-refractivity contribution in [3.05, 3.63) is 60.7 Å². The minimum atomic E-state index is 0.153. The maximum Gasteiger partial charge on any atom is 0.154 e. The molecule has 0 spiro atoms. The predicted molar refractivity (Wildman–Crippen MR) is 128 cm³/mol. The summed E-state index contributed by atoms with van der Waals surface area (Å²) in [5.41, 5.74) is 4.03. The molecule has 0 saturated carbocycles. The van der Waals surface area contributed by atoms with Crippen molar-refractivity contribution in [3.8, 4) is 16.9 Å². The van der Waals surface area contributed by atoms with Crippen LogP contribution in [0.1, 0.15) is 18.5 Å². The zero-order valence-electron chi connectivity index (χ0n) is 19.3. The van der Waals surface area contributed by atoms with Gasteiger partial charge < -0.3 is 14.8 Å². The average Bonchev–Trinajstić information content (AvgIpc) is 3.23. The molecule has 0 radical (unpaired) electrons. The lowest BCUT2D eigenvalue weighted by atomic mass is 9.92. The molecule has 0 aliphatic carbocycles. The first-order valence-corrected chi connectivity index (χ1v) is 11.6. The largest absolute Gasteiger partial charge is 0.488 e. The molecule has 1 N–H and O–H groups in total. The van der Waals surface area contributed by atoms with Gasteiger partial charge >= 0.3 is 0 Å². The molecule has 2 aliphatic heterocycles. The van der Waals surface area contributed by atoms with Crippen molar-refractivity contribution in [2.45, 2.75) is 38.0 Å². The van der Waals surface area contributed by atoms with Gasteiger partial charge in [0.25, 0.3) is 0 Å². The highest BCUT2D eigenvalue weighted by Gasteiger charge is 2.38. The van der Waals surface area contributed by atoms with Crippen LogP contribution in [0.3, 0.4) is 0 Å². The van der Waals surface area contributed by atoms with Gasteiger partial charge in [0.15, 0.2) is 11.6 Å². The lowest BCUT2D eigenvalue weighted by molar-refractivity contribution is -0.0879. The molecular weight excluding hydrogens is 430 g/mol. The van der Waals surface area contributed by atoms with E-state index in [2.05, 4.69) is 55.7 Å². The fourth-order valence-electron chi connectivity index (χ4n) is 4.91. The highest BCUT2D eigenvalue weighted by atomic mass is 16.5. The Hall–Kier alpha value is -3.56. The summed E-state index contributed by atoms with van der Waals surface area (Å²) in [7, 11) is 2.20. The first-order chi connectivity index (χ1) is 16.6. The molecule has 4 aromatic heterocycles. The minimum Gasteiger partial charge on any atom is -0.488 e. The van der Waals surface area contributed by atoms with Crippen LogP contribution in [0.5, 0.6) is 5.75 Å². The van der Waals surface area contributed by atoms with E-state index in [4.69, 9.17) is 9.47 Å². The molecule has 6 rings (SSSR count). The molecule has 1 unspecified atom stereocenters. The van der Waals surface area contributed by atoms with Crippen molar-refractivity contribution in [2.24, 2.45) is 0 Å². The van der Waals surface area contributed by atoms with Crippen LogP contribution in [0.15, 0.2) is 55.0 Å². The summed E-state index contributed by atoms with van der Waals surface area (Å²) in [6.45, 7) is 3.55. The van der Waals surface area contributed by atoms with Gasteiger partial charge in [-0.05, 0) is 49.9 Å². The number of fused-ring (bicyclic) bond motifs is 3. The summed E-state index contributed by atoms with van der Waals surface area (Å²) in [6, 6.07) is 12.8. The number of ether oxygens (including phenoxy) is 2. The standard InChI is InChI=1S/C25H27N7O2/c1-16-8-22(23(13-26-16)34-21-10-19-14-33-15-20(11-21)31(19)2)17-5-7-32-18(9-17)12-25(30-32)28-24-4-3-6-27-29-24/h3-9,12-13,19-21H,10-11,14-15H2,1-2H3,(H,28,29,30)/t19-,20+,21?. The number of aryl methyl sites for hydroxylation is 1. The summed E-state index contributed by atoms with van der Waals surface area (Å²) in [5, 5.41) is 15.8. The Morgan fingerprint density at radius 3 is 2.74 bits per heavy atom. The van der Waals surface area contributed by atoms with E-state index in [-0.39, 0.29) is 6.10 Å². The van der Waals surface area contributed by atoms with Crippen LogP contribution in [-0.4, -0.2) is 68.1 Å². The summed E-state index contributed by atoms with van der Waals surface area (Å²) in [5.74, 6) is 2.18. The highest BCUT2D eigenvalue weighted by molar-refractivity contribution is 5.75. The molecule has 2 bridgehead atoms. The summed E-state index contributed by atoms with van der Waals surface area (Å²) in [6.07, 6.45) is 7.53. The fraction of sp³-hybridized carbons (Fsp3) is 0.360. The van der Waals surface area contributed by atoms with E-state index in [1.165, 1.54) is 0 Å². The van der Waals surface area contributed by atoms with Gasteiger partial charge in [-0.1, -0.05) is 0 Å². The molecule has 2 fully saturated rings. The van der Waals surface area contributed by atoms with Crippen molar-refractivity contribution < 1.29 is 9.47 Å². The van der Waals surface area contributed by atoms with Gasteiger partial charge in [-0.2, -0.15) is 10.2 Å². The Labute approximate surface area is 197 Å². The van der Waals surface area contributed by atoms with Crippen molar-refractivity contribution in [2.75, 3.05) is 25.6 Å². The van der Waals surface area contributed by atoms with Crippen LogP contribution in [0.2, 0.25) is 0 Å². The monoisotopic (exact) mass is 457 g/mol. The second-order valence-corrected chi connectivity index (χ2v) is 9.09.